The molecule has 0 saturated carbocycles. The third kappa shape index (κ3) is 5.71. The largest absolute Gasteiger partial charge is 0.457 e. The second kappa shape index (κ2) is 13.7. The number of benzene rings is 6. The molecule has 0 amide bonds. The zero-order valence-electron chi connectivity index (χ0n) is 28.2. The number of rotatable bonds is 8. The van der Waals surface area contributed by atoms with Crippen molar-refractivity contribution in [2.24, 2.45) is 0 Å². The van der Waals surface area contributed by atoms with Gasteiger partial charge in [0.15, 0.2) is 0 Å². The van der Waals surface area contributed by atoms with Crippen LogP contribution in [0, 0.1) is 0 Å². The summed E-state index contributed by atoms with van der Waals surface area (Å²) in [4.78, 5) is 14.5. The molecule has 52 heavy (non-hydrogen) atoms. The molecule has 0 fully saturated rings. The van der Waals surface area contributed by atoms with Crippen molar-refractivity contribution in [3.05, 3.63) is 223 Å². The second-order valence-corrected chi connectivity index (χ2v) is 13.7. The molecule has 2 aromatic heterocycles. The zero-order valence-corrected chi connectivity index (χ0v) is 29.0. The monoisotopic (exact) mass is 687 g/mol. The van der Waals surface area contributed by atoms with Crippen LogP contribution in [0.25, 0.3) is 11.3 Å². The summed E-state index contributed by atoms with van der Waals surface area (Å²) in [7, 11) is 0. The van der Waals surface area contributed by atoms with Crippen LogP contribution in [0.5, 0.6) is 11.5 Å². The highest BCUT2D eigenvalue weighted by Gasteiger charge is 2.45. The molecule has 0 spiro atoms. The average Bonchev–Trinajstić information content (AvgIpc) is 3.21. The number of para-hydroxylation sites is 2. The quantitative estimate of drug-likeness (QED) is 0.159. The maximum atomic E-state index is 6.68. The van der Waals surface area contributed by atoms with Crippen LogP contribution < -0.4 is 9.64 Å². The Balaban J connectivity index is 1.10. The van der Waals surface area contributed by atoms with Crippen LogP contribution in [0.4, 0.5) is 17.1 Å². The van der Waals surface area contributed by atoms with E-state index in [9.17, 15) is 0 Å². The molecule has 5 heteroatoms. The molecule has 0 saturated heterocycles. The molecular weight excluding hydrogens is 655 g/mol. The number of hydrogen-bond donors (Lipinski definition) is 0. The van der Waals surface area contributed by atoms with Crippen molar-refractivity contribution < 1.29 is 4.74 Å². The molecule has 4 nitrogen and oxygen atoms in total. The summed E-state index contributed by atoms with van der Waals surface area (Å²) in [5.74, 6) is 1.48. The summed E-state index contributed by atoms with van der Waals surface area (Å²) >= 11 is 1.81. The molecule has 0 bridgehead atoms. The number of ether oxygens (including phenoxy) is 1. The van der Waals surface area contributed by atoms with Crippen LogP contribution in [-0.2, 0) is 5.41 Å². The molecule has 3 heterocycles. The van der Waals surface area contributed by atoms with E-state index in [1.54, 1.807) is 0 Å². The van der Waals surface area contributed by atoms with Gasteiger partial charge >= 0.3 is 0 Å². The maximum Gasteiger partial charge on any atom is 0.128 e. The van der Waals surface area contributed by atoms with E-state index >= 15 is 0 Å². The van der Waals surface area contributed by atoms with E-state index < -0.39 is 5.41 Å². The fourth-order valence-electron chi connectivity index (χ4n) is 7.28. The average molecular weight is 688 g/mol. The van der Waals surface area contributed by atoms with Gasteiger partial charge in [-0.25, -0.2) is 0 Å². The van der Waals surface area contributed by atoms with Crippen molar-refractivity contribution in [2.45, 2.75) is 15.2 Å². The molecule has 1 aliphatic heterocycles. The van der Waals surface area contributed by atoms with Crippen molar-refractivity contribution in [3.8, 4) is 22.8 Å². The van der Waals surface area contributed by atoms with Crippen LogP contribution >= 0.6 is 11.8 Å². The van der Waals surface area contributed by atoms with Crippen LogP contribution in [0.3, 0.4) is 0 Å². The van der Waals surface area contributed by atoms with Gasteiger partial charge in [0.1, 0.15) is 11.5 Å². The predicted octanol–water partition coefficient (Wildman–Crippen LogP) is 12.3. The Hall–Kier alpha value is -6.43. The Morgan fingerprint density at radius 3 is 1.75 bits per heavy atom. The van der Waals surface area contributed by atoms with Gasteiger partial charge in [-0.15, -0.1) is 0 Å². The second-order valence-electron chi connectivity index (χ2n) is 12.6. The van der Waals surface area contributed by atoms with Crippen molar-refractivity contribution >= 4 is 28.8 Å². The van der Waals surface area contributed by atoms with Gasteiger partial charge in [0.05, 0.1) is 16.8 Å². The SMILES string of the molecule is c1ccc(N(c2ccccc2)c2ccnc(-c3cccc(Oc4cccc(C5(c6ccccn6)c6ccccc6Sc6ccccc65)c4)c3)c2)cc1. The van der Waals surface area contributed by atoms with E-state index in [0.717, 1.165) is 51.1 Å². The van der Waals surface area contributed by atoms with Crippen LogP contribution in [0.2, 0.25) is 0 Å². The molecular formula is C47H33N3OS. The predicted molar refractivity (Wildman–Crippen MR) is 211 cm³/mol. The highest BCUT2D eigenvalue weighted by molar-refractivity contribution is 7.99. The number of hydrogen-bond acceptors (Lipinski definition) is 5. The van der Waals surface area contributed by atoms with Crippen molar-refractivity contribution in [2.75, 3.05) is 4.90 Å². The molecule has 1 aliphatic rings. The summed E-state index contributed by atoms with van der Waals surface area (Å²) in [6.45, 7) is 0. The fourth-order valence-corrected chi connectivity index (χ4v) is 8.47. The third-order valence-corrected chi connectivity index (χ3v) is 10.7. The van der Waals surface area contributed by atoms with Crippen LogP contribution in [0.1, 0.15) is 22.4 Å². The maximum absolute atomic E-state index is 6.68. The summed E-state index contributed by atoms with van der Waals surface area (Å²) < 4.78 is 6.68. The smallest absolute Gasteiger partial charge is 0.128 e. The molecule has 9 rings (SSSR count). The number of pyridine rings is 2. The minimum Gasteiger partial charge on any atom is -0.457 e. The molecule has 0 unspecified atom stereocenters. The first-order valence-corrected chi connectivity index (χ1v) is 18.1. The first kappa shape index (κ1) is 31.5. The molecule has 0 atom stereocenters. The number of aromatic nitrogens is 2. The molecule has 6 aromatic carbocycles. The van der Waals surface area contributed by atoms with Gasteiger partial charge in [0.25, 0.3) is 0 Å². The molecule has 8 aromatic rings. The van der Waals surface area contributed by atoms with E-state index in [1.165, 1.54) is 20.9 Å². The highest BCUT2D eigenvalue weighted by atomic mass is 32.2. The van der Waals surface area contributed by atoms with E-state index in [0.29, 0.717) is 0 Å². The van der Waals surface area contributed by atoms with Gasteiger partial charge < -0.3 is 9.64 Å². The Morgan fingerprint density at radius 2 is 1.08 bits per heavy atom. The minimum atomic E-state index is -0.630. The third-order valence-electron chi connectivity index (χ3n) is 9.51. The van der Waals surface area contributed by atoms with E-state index in [2.05, 4.69) is 150 Å². The van der Waals surface area contributed by atoms with Gasteiger partial charge in [-0.3, -0.25) is 9.97 Å². The van der Waals surface area contributed by atoms with Gasteiger partial charge in [-0.05, 0) is 102 Å². The lowest BCUT2D eigenvalue weighted by Gasteiger charge is -2.40. The first-order chi connectivity index (χ1) is 25.8. The zero-order chi connectivity index (χ0) is 34.7. The summed E-state index contributed by atoms with van der Waals surface area (Å²) in [6, 6.07) is 65.2. The van der Waals surface area contributed by atoms with Gasteiger partial charge in [0, 0.05) is 44.8 Å². The van der Waals surface area contributed by atoms with E-state index in [-0.39, 0.29) is 0 Å². The van der Waals surface area contributed by atoms with Gasteiger partial charge in [-0.2, -0.15) is 0 Å². The molecule has 248 valence electrons. The van der Waals surface area contributed by atoms with Crippen LogP contribution in [-0.4, -0.2) is 9.97 Å². The van der Waals surface area contributed by atoms with Crippen molar-refractivity contribution in [1.82, 2.24) is 9.97 Å². The topological polar surface area (TPSA) is 38.2 Å². The summed E-state index contributed by atoms with van der Waals surface area (Å²) in [5, 5.41) is 0. The number of nitrogens with zero attached hydrogens (tertiary/aromatic N) is 3. The normalized spacial score (nSPS) is 12.7. The van der Waals surface area contributed by atoms with Crippen molar-refractivity contribution in [1.29, 1.82) is 0 Å². The summed E-state index contributed by atoms with van der Waals surface area (Å²) in [5.41, 5.74) is 8.86. The highest BCUT2D eigenvalue weighted by Crippen LogP contribution is 2.55. The number of anilines is 3. The Morgan fingerprint density at radius 1 is 0.462 bits per heavy atom. The minimum absolute atomic E-state index is 0.630. The van der Waals surface area contributed by atoms with Gasteiger partial charge in [-0.1, -0.05) is 115 Å². The lowest BCUT2D eigenvalue weighted by atomic mass is 9.66. The Kier molecular flexibility index (Phi) is 8.31. The lowest BCUT2D eigenvalue weighted by Crippen LogP contribution is -2.34. The number of fused-ring (bicyclic) bond motifs is 2. The van der Waals surface area contributed by atoms with E-state index in [1.807, 2.05) is 66.6 Å². The first-order valence-electron chi connectivity index (χ1n) is 17.3. The summed E-state index contributed by atoms with van der Waals surface area (Å²) in [6.07, 6.45) is 3.76. The standard InChI is InChI=1S/C47H33N3OS/c1-3-17-36(18-4-1)50(37-19-5-2-6-20-37)38-28-30-48-43(33-38)34-15-13-21-39(31-34)51-40-22-14-16-35(32-40)47(46-27-11-12-29-49-46)41-23-7-9-25-44(41)52-45-26-10-8-24-42(45)47/h1-33H. The van der Waals surface area contributed by atoms with Gasteiger partial charge in [0.2, 0.25) is 0 Å². The fraction of sp³-hybridized carbons (Fsp3) is 0.0213. The Bertz CT molecular complexity index is 2400. The molecule has 0 aliphatic carbocycles. The lowest BCUT2D eigenvalue weighted by molar-refractivity contribution is 0.481. The molecule has 0 radical (unpaired) electrons. The van der Waals surface area contributed by atoms with E-state index in [4.69, 9.17) is 14.7 Å². The van der Waals surface area contributed by atoms with Crippen molar-refractivity contribution in [3.63, 3.8) is 0 Å². The van der Waals surface area contributed by atoms with Crippen LogP contribution in [0.15, 0.2) is 210 Å². The Labute approximate surface area is 308 Å². The molecule has 0 N–H and O–H groups in total.